The first-order chi connectivity index (χ1) is 10.2. The van der Waals surface area contributed by atoms with Crippen molar-refractivity contribution in [1.29, 1.82) is 0 Å². The highest BCUT2D eigenvalue weighted by Gasteiger charge is 2.45. The summed E-state index contributed by atoms with van der Waals surface area (Å²) in [7, 11) is 0. The number of pyridine rings is 1. The number of nitrogens with zero attached hydrogens (tertiary/aromatic N) is 3. The van der Waals surface area contributed by atoms with Gasteiger partial charge in [-0.15, -0.1) is 0 Å². The normalized spacial score (nSPS) is 21.9. The van der Waals surface area contributed by atoms with E-state index < -0.39 is 0 Å². The van der Waals surface area contributed by atoms with Crippen molar-refractivity contribution < 1.29 is 4.79 Å². The molecular weight excluding hydrogens is 264 g/mol. The summed E-state index contributed by atoms with van der Waals surface area (Å²) in [6.07, 6.45) is 6.75. The summed E-state index contributed by atoms with van der Waals surface area (Å²) in [5, 5.41) is 0. The van der Waals surface area contributed by atoms with Gasteiger partial charge in [0.05, 0.1) is 5.41 Å². The molecular formula is C16H24N4O. The molecule has 5 heteroatoms. The first kappa shape index (κ1) is 14.5. The standard InChI is InChI=1S/C16H24N4O/c17-13-16(4-1-5-16)15(21)20-10-8-19(9-11-20)12-14-2-6-18-7-3-14/h2-3,6-7H,1,4-5,8-13,17H2. The molecule has 2 aliphatic rings. The van der Waals surface area contributed by atoms with Gasteiger partial charge in [-0.1, -0.05) is 6.42 Å². The molecule has 1 amide bonds. The van der Waals surface area contributed by atoms with Crippen LogP contribution in [0.25, 0.3) is 0 Å². The Kier molecular flexibility index (Phi) is 4.22. The molecule has 1 saturated carbocycles. The summed E-state index contributed by atoms with van der Waals surface area (Å²) in [4.78, 5) is 21.1. The maximum atomic E-state index is 12.6. The highest BCUT2D eigenvalue weighted by atomic mass is 16.2. The molecule has 21 heavy (non-hydrogen) atoms. The molecule has 2 heterocycles. The lowest BCUT2D eigenvalue weighted by Gasteiger charge is -2.45. The molecule has 114 valence electrons. The minimum Gasteiger partial charge on any atom is -0.340 e. The molecule has 0 spiro atoms. The van der Waals surface area contributed by atoms with Crippen molar-refractivity contribution >= 4 is 5.91 Å². The maximum Gasteiger partial charge on any atom is 0.230 e. The average Bonchev–Trinajstić information content (AvgIpc) is 2.48. The minimum atomic E-state index is -0.229. The summed E-state index contributed by atoms with van der Waals surface area (Å²) >= 11 is 0. The number of rotatable bonds is 4. The van der Waals surface area contributed by atoms with Gasteiger partial charge in [0.25, 0.3) is 0 Å². The van der Waals surface area contributed by atoms with Gasteiger partial charge >= 0.3 is 0 Å². The molecule has 0 aromatic carbocycles. The highest BCUT2D eigenvalue weighted by molar-refractivity contribution is 5.84. The number of amides is 1. The third-order valence-corrected chi connectivity index (χ3v) is 4.97. The van der Waals surface area contributed by atoms with Gasteiger partial charge in [0.2, 0.25) is 5.91 Å². The third kappa shape index (κ3) is 2.94. The van der Waals surface area contributed by atoms with E-state index >= 15 is 0 Å². The Hall–Kier alpha value is -1.46. The second kappa shape index (κ2) is 6.12. The molecule has 0 unspecified atom stereocenters. The van der Waals surface area contributed by atoms with Gasteiger partial charge in [0.15, 0.2) is 0 Å². The second-order valence-electron chi connectivity index (χ2n) is 6.26. The predicted octanol–water partition coefficient (Wildman–Crippen LogP) is 0.855. The van der Waals surface area contributed by atoms with Crippen molar-refractivity contribution in [2.45, 2.75) is 25.8 Å². The quantitative estimate of drug-likeness (QED) is 0.892. The lowest BCUT2D eigenvalue weighted by Crippen LogP contribution is -2.56. The lowest BCUT2D eigenvalue weighted by atomic mass is 9.67. The van der Waals surface area contributed by atoms with Gasteiger partial charge in [-0.2, -0.15) is 0 Å². The Bertz CT molecular complexity index is 473. The van der Waals surface area contributed by atoms with Crippen LogP contribution in [0.5, 0.6) is 0 Å². The van der Waals surface area contributed by atoms with Crippen LogP contribution in [0.2, 0.25) is 0 Å². The molecule has 1 aromatic rings. The lowest BCUT2D eigenvalue weighted by molar-refractivity contribution is -0.148. The van der Waals surface area contributed by atoms with Crippen LogP contribution in [-0.4, -0.2) is 53.4 Å². The molecule has 3 rings (SSSR count). The molecule has 2 fully saturated rings. The molecule has 1 aliphatic carbocycles. The summed E-state index contributed by atoms with van der Waals surface area (Å²) in [6, 6.07) is 4.10. The van der Waals surface area contributed by atoms with Crippen molar-refractivity contribution in [1.82, 2.24) is 14.8 Å². The molecule has 0 atom stereocenters. The van der Waals surface area contributed by atoms with Crippen LogP contribution in [0.3, 0.4) is 0 Å². The minimum absolute atomic E-state index is 0.229. The van der Waals surface area contributed by atoms with Gasteiger partial charge in [-0.3, -0.25) is 14.7 Å². The van der Waals surface area contributed by atoms with Crippen molar-refractivity contribution in [3.05, 3.63) is 30.1 Å². The molecule has 1 aromatic heterocycles. The number of hydrogen-bond donors (Lipinski definition) is 1. The van der Waals surface area contributed by atoms with Crippen LogP contribution < -0.4 is 5.73 Å². The van der Waals surface area contributed by atoms with E-state index in [9.17, 15) is 4.79 Å². The zero-order valence-corrected chi connectivity index (χ0v) is 12.5. The first-order valence-corrected chi connectivity index (χ1v) is 7.84. The maximum absolute atomic E-state index is 12.6. The highest BCUT2D eigenvalue weighted by Crippen LogP contribution is 2.41. The van der Waals surface area contributed by atoms with Gasteiger partial charge < -0.3 is 10.6 Å². The van der Waals surface area contributed by atoms with Crippen LogP contribution in [-0.2, 0) is 11.3 Å². The zero-order chi connectivity index (χ0) is 14.7. The van der Waals surface area contributed by atoms with Crippen molar-refractivity contribution in [2.75, 3.05) is 32.7 Å². The van der Waals surface area contributed by atoms with E-state index in [1.165, 1.54) is 5.56 Å². The Morgan fingerprint density at radius 1 is 1.19 bits per heavy atom. The molecule has 0 bridgehead atoms. The Morgan fingerprint density at radius 2 is 1.86 bits per heavy atom. The van der Waals surface area contributed by atoms with Gasteiger partial charge in [0.1, 0.15) is 0 Å². The third-order valence-electron chi connectivity index (χ3n) is 4.97. The predicted molar refractivity (Wildman–Crippen MR) is 81.4 cm³/mol. The van der Waals surface area contributed by atoms with Crippen LogP contribution in [0.4, 0.5) is 0 Å². The largest absolute Gasteiger partial charge is 0.340 e. The van der Waals surface area contributed by atoms with Crippen molar-refractivity contribution in [3.63, 3.8) is 0 Å². The number of hydrogen-bond acceptors (Lipinski definition) is 4. The Morgan fingerprint density at radius 3 is 2.38 bits per heavy atom. The SMILES string of the molecule is NCC1(C(=O)N2CCN(Cc3ccncc3)CC2)CCC1. The molecule has 0 radical (unpaired) electrons. The topological polar surface area (TPSA) is 62.5 Å². The summed E-state index contributed by atoms with van der Waals surface area (Å²) in [5.74, 6) is 0.291. The molecule has 1 saturated heterocycles. The molecule has 1 aliphatic heterocycles. The van der Waals surface area contributed by atoms with Crippen molar-refractivity contribution in [2.24, 2.45) is 11.1 Å². The fraction of sp³-hybridized carbons (Fsp3) is 0.625. The zero-order valence-electron chi connectivity index (χ0n) is 12.5. The van der Waals surface area contributed by atoms with E-state index in [1.807, 2.05) is 17.3 Å². The Labute approximate surface area is 126 Å². The summed E-state index contributed by atoms with van der Waals surface area (Å²) in [6.45, 7) is 4.97. The van der Waals surface area contributed by atoms with Gasteiger partial charge in [-0.05, 0) is 30.5 Å². The monoisotopic (exact) mass is 288 g/mol. The fourth-order valence-corrected chi connectivity index (χ4v) is 3.30. The van der Waals surface area contributed by atoms with Crippen LogP contribution in [0.1, 0.15) is 24.8 Å². The average molecular weight is 288 g/mol. The van der Waals surface area contributed by atoms with E-state index in [-0.39, 0.29) is 5.41 Å². The summed E-state index contributed by atoms with van der Waals surface area (Å²) < 4.78 is 0. The van der Waals surface area contributed by atoms with E-state index in [2.05, 4.69) is 22.0 Å². The van der Waals surface area contributed by atoms with E-state index in [0.29, 0.717) is 12.5 Å². The van der Waals surface area contributed by atoms with Gasteiger partial charge in [-0.25, -0.2) is 0 Å². The Balaban J connectivity index is 1.52. The number of piperazine rings is 1. The van der Waals surface area contributed by atoms with E-state index in [4.69, 9.17) is 5.73 Å². The summed E-state index contributed by atoms with van der Waals surface area (Å²) in [5.41, 5.74) is 6.89. The van der Waals surface area contributed by atoms with Crippen LogP contribution >= 0.6 is 0 Å². The molecule has 2 N–H and O–H groups in total. The smallest absolute Gasteiger partial charge is 0.230 e. The van der Waals surface area contributed by atoms with Crippen LogP contribution in [0.15, 0.2) is 24.5 Å². The first-order valence-electron chi connectivity index (χ1n) is 7.84. The second-order valence-corrected chi connectivity index (χ2v) is 6.26. The fourth-order valence-electron chi connectivity index (χ4n) is 3.30. The van der Waals surface area contributed by atoms with E-state index in [0.717, 1.165) is 52.0 Å². The number of carbonyl (C=O) groups excluding carboxylic acids is 1. The molecule has 5 nitrogen and oxygen atoms in total. The van der Waals surface area contributed by atoms with E-state index in [1.54, 1.807) is 0 Å². The number of aromatic nitrogens is 1. The van der Waals surface area contributed by atoms with Crippen LogP contribution in [0, 0.1) is 5.41 Å². The number of carbonyl (C=O) groups is 1. The van der Waals surface area contributed by atoms with Crippen molar-refractivity contribution in [3.8, 4) is 0 Å². The van der Waals surface area contributed by atoms with Gasteiger partial charge in [0, 0.05) is 51.7 Å². The number of nitrogens with two attached hydrogens (primary N) is 1.